The maximum absolute atomic E-state index is 7.06. The summed E-state index contributed by atoms with van der Waals surface area (Å²) >= 11 is 0. The third kappa shape index (κ3) is 5.39. The summed E-state index contributed by atoms with van der Waals surface area (Å²) in [4.78, 5) is 5.05. The smallest absolute Gasteiger partial charge is 0.272 e. The Hall–Kier alpha value is -4.74. The molecule has 0 amide bonds. The van der Waals surface area contributed by atoms with Gasteiger partial charge in [0.25, 0.3) is 6.71 Å². The molecule has 0 saturated heterocycles. The number of nitrogens with zero attached hydrogens (tertiary/aromatic N) is 3. The molecule has 1 aliphatic carbocycles. The van der Waals surface area contributed by atoms with Gasteiger partial charge in [-0.1, -0.05) is 108 Å². The molecule has 1 atom stereocenters. The standard InChI is InChI=1S/C47H53BN4/c1-30-31(2)50(35-16-12-11-13-17-35)44-43(30)52(37-26-22-33(23-27-37)46(6,7)8)41-29-34(47(9,10)49)28-40-42(41)48(44)38-18-14-15-19-39(38)51(40)36-24-20-32(21-25-36)45(3,4)5/h11-16,18-29,35H,17,49H2,1-10H3. The quantitative estimate of drug-likeness (QED) is 0.188. The zero-order chi connectivity index (χ0) is 36.9. The first-order valence-electron chi connectivity index (χ1n) is 19.0. The summed E-state index contributed by atoms with van der Waals surface area (Å²) in [7, 11) is 0. The SMILES string of the molecule is Cc1c2c(n(C3C=CC=CC3)c1C)B1c3ccccc3N(c3ccc(C(C)(C)C)cc3)c3cc(C(C)(C)N)cc(c31)N2c1ccc(C(C)(C)C)cc1. The lowest BCUT2D eigenvalue weighted by Gasteiger charge is -2.45. The van der Waals surface area contributed by atoms with Crippen molar-refractivity contribution in [2.75, 3.05) is 9.80 Å². The van der Waals surface area contributed by atoms with Gasteiger partial charge in [0, 0.05) is 45.3 Å². The fourth-order valence-electron chi connectivity index (χ4n) is 8.64. The van der Waals surface area contributed by atoms with Gasteiger partial charge in [0.05, 0.1) is 11.7 Å². The molecule has 0 spiro atoms. The number of allylic oxidation sites excluding steroid dienone is 4. The lowest BCUT2D eigenvalue weighted by atomic mass is 9.34. The number of benzene rings is 4. The fraction of sp³-hybridized carbons (Fsp3) is 0.319. The van der Waals surface area contributed by atoms with Crippen molar-refractivity contribution < 1.29 is 0 Å². The van der Waals surface area contributed by atoms with Crippen LogP contribution in [0, 0.1) is 13.8 Å². The number of rotatable bonds is 4. The van der Waals surface area contributed by atoms with Crippen molar-refractivity contribution in [1.82, 2.24) is 4.57 Å². The Morgan fingerprint density at radius 2 is 1.21 bits per heavy atom. The fourth-order valence-corrected chi connectivity index (χ4v) is 8.64. The van der Waals surface area contributed by atoms with Crippen molar-refractivity contribution >= 4 is 57.4 Å². The first kappa shape index (κ1) is 34.4. The molecule has 3 aliphatic rings. The molecular weight excluding hydrogens is 631 g/mol. The predicted octanol–water partition coefficient (Wildman–Crippen LogP) is 10.0. The van der Waals surface area contributed by atoms with E-state index in [1.54, 1.807) is 0 Å². The minimum atomic E-state index is -0.558. The maximum atomic E-state index is 7.06. The van der Waals surface area contributed by atoms with E-state index >= 15 is 0 Å². The van der Waals surface area contributed by atoms with E-state index in [9.17, 15) is 0 Å². The number of hydrogen-bond acceptors (Lipinski definition) is 3. The number of fused-ring (bicyclic) bond motifs is 4. The van der Waals surface area contributed by atoms with Gasteiger partial charge in [0.1, 0.15) is 0 Å². The Kier molecular flexibility index (Phi) is 7.86. The normalized spacial score (nSPS) is 16.6. The molecule has 2 N–H and O–H groups in total. The number of para-hydroxylation sites is 1. The van der Waals surface area contributed by atoms with E-state index in [2.05, 4.69) is 193 Å². The van der Waals surface area contributed by atoms with Gasteiger partial charge in [0.15, 0.2) is 0 Å². The first-order valence-corrected chi connectivity index (χ1v) is 19.0. The van der Waals surface area contributed by atoms with Gasteiger partial charge in [-0.15, -0.1) is 0 Å². The van der Waals surface area contributed by atoms with Gasteiger partial charge >= 0.3 is 0 Å². The minimum Gasteiger partial charge on any atom is -0.347 e. The third-order valence-electron chi connectivity index (χ3n) is 11.7. The highest BCUT2D eigenvalue weighted by atomic mass is 15.2. The molecule has 0 bridgehead atoms. The van der Waals surface area contributed by atoms with Crippen LogP contribution in [-0.4, -0.2) is 11.3 Å². The molecule has 264 valence electrons. The van der Waals surface area contributed by atoms with Gasteiger partial charge < -0.3 is 20.1 Å². The van der Waals surface area contributed by atoms with Crippen molar-refractivity contribution in [1.29, 1.82) is 0 Å². The zero-order valence-corrected chi connectivity index (χ0v) is 32.7. The van der Waals surface area contributed by atoms with Crippen LogP contribution in [0.15, 0.2) is 109 Å². The van der Waals surface area contributed by atoms with Crippen LogP contribution in [0.4, 0.5) is 34.1 Å². The summed E-state index contributed by atoms with van der Waals surface area (Å²) in [5.41, 5.74) is 24.3. The van der Waals surface area contributed by atoms with Gasteiger partial charge in [0.2, 0.25) is 0 Å². The van der Waals surface area contributed by atoms with Crippen LogP contribution in [-0.2, 0) is 16.4 Å². The molecule has 5 aromatic rings. The average Bonchev–Trinajstić information content (AvgIpc) is 3.36. The Morgan fingerprint density at radius 1 is 0.654 bits per heavy atom. The number of hydrogen-bond donors (Lipinski definition) is 1. The van der Waals surface area contributed by atoms with Crippen LogP contribution in [0.25, 0.3) is 0 Å². The summed E-state index contributed by atoms with van der Waals surface area (Å²) in [5, 5.41) is 0. The number of aromatic nitrogens is 1. The summed E-state index contributed by atoms with van der Waals surface area (Å²) in [6.07, 6.45) is 10.1. The Balaban J connectivity index is 1.48. The van der Waals surface area contributed by atoms with Crippen molar-refractivity contribution in [2.24, 2.45) is 5.73 Å². The number of anilines is 6. The molecule has 1 aromatic heterocycles. The lowest BCUT2D eigenvalue weighted by Crippen LogP contribution is -2.63. The highest BCUT2D eigenvalue weighted by molar-refractivity contribution is 7.00. The van der Waals surface area contributed by atoms with E-state index in [4.69, 9.17) is 5.73 Å². The highest BCUT2D eigenvalue weighted by Gasteiger charge is 2.47. The van der Waals surface area contributed by atoms with Crippen LogP contribution >= 0.6 is 0 Å². The molecule has 8 rings (SSSR count). The minimum absolute atomic E-state index is 0.0352. The van der Waals surface area contributed by atoms with E-state index in [0.717, 1.165) is 17.7 Å². The van der Waals surface area contributed by atoms with Crippen LogP contribution in [0.5, 0.6) is 0 Å². The topological polar surface area (TPSA) is 37.4 Å². The molecular formula is C47H53BN4. The third-order valence-corrected chi connectivity index (χ3v) is 11.7. The van der Waals surface area contributed by atoms with Crippen molar-refractivity contribution in [3.8, 4) is 0 Å². The van der Waals surface area contributed by atoms with E-state index in [1.807, 2.05) is 0 Å². The second-order valence-corrected chi connectivity index (χ2v) is 17.8. The van der Waals surface area contributed by atoms with Crippen LogP contribution in [0.2, 0.25) is 0 Å². The van der Waals surface area contributed by atoms with E-state index < -0.39 is 5.54 Å². The lowest BCUT2D eigenvalue weighted by molar-refractivity contribution is 0.555. The van der Waals surface area contributed by atoms with Crippen molar-refractivity contribution in [3.63, 3.8) is 0 Å². The second kappa shape index (κ2) is 11.9. The Morgan fingerprint density at radius 3 is 1.75 bits per heavy atom. The molecule has 2 aliphatic heterocycles. The summed E-state index contributed by atoms with van der Waals surface area (Å²) < 4.78 is 2.66. The molecule has 4 aromatic carbocycles. The molecule has 52 heavy (non-hydrogen) atoms. The summed E-state index contributed by atoms with van der Waals surface area (Å²) in [6.45, 7) is 22.6. The molecule has 0 saturated carbocycles. The van der Waals surface area contributed by atoms with Crippen LogP contribution < -0.4 is 32.1 Å². The second-order valence-electron chi connectivity index (χ2n) is 17.8. The van der Waals surface area contributed by atoms with Crippen molar-refractivity contribution in [3.05, 3.63) is 137 Å². The molecule has 0 fully saturated rings. The first-order chi connectivity index (χ1) is 24.6. The molecule has 1 unspecified atom stereocenters. The van der Waals surface area contributed by atoms with Crippen molar-refractivity contribution in [2.45, 2.75) is 98.1 Å². The molecule has 3 heterocycles. The Labute approximate surface area is 311 Å². The molecule has 5 heteroatoms. The van der Waals surface area contributed by atoms with Gasteiger partial charge in [-0.25, -0.2) is 0 Å². The molecule has 4 nitrogen and oxygen atoms in total. The predicted molar refractivity (Wildman–Crippen MR) is 224 cm³/mol. The molecule has 0 radical (unpaired) electrons. The van der Waals surface area contributed by atoms with E-state index in [-0.39, 0.29) is 23.6 Å². The monoisotopic (exact) mass is 684 g/mol. The summed E-state index contributed by atoms with van der Waals surface area (Å²) in [6, 6.07) is 32.6. The summed E-state index contributed by atoms with van der Waals surface area (Å²) in [5.74, 6) is 0. The van der Waals surface area contributed by atoms with Gasteiger partial charge in [-0.3, -0.25) is 0 Å². The van der Waals surface area contributed by atoms with E-state index in [1.165, 1.54) is 67.3 Å². The average molecular weight is 685 g/mol. The maximum Gasteiger partial charge on any atom is 0.272 e. The van der Waals surface area contributed by atoms with Gasteiger partial charge in [-0.2, -0.15) is 0 Å². The number of nitrogens with two attached hydrogens (primary N) is 1. The van der Waals surface area contributed by atoms with Crippen LogP contribution in [0.3, 0.4) is 0 Å². The van der Waals surface area contributed by atoms with E-state index in [0.29, 0.717) is 0 Å². The van der Waals surface area contributed by atoms with Crippen LogP contribution in [0.1, 0.15) is 95.8 Å². The zero-order valence-electron chi connectivity index (χ0n) is 32.7. The Bertz CT molecular complexity index is 2250. The highest BCUT2D eigenvalue weighted by Crippen LogP contribution is 2.48. The van der Waals surface area contributed by atoms with Gasteiger partial charge in [-0.05, 0) is 121 Å². The largest absolute Gasteiger partial charge is 0.347 e.